The first-order chi connectivity index (χ1) is 15.9. The van der Waals surface area contributed by atoms with Crippen LogP contribution in [0.2, 0.25) is 0 Å². The van der Waals surface area contributed by atoms with Gasteiger partial charge in [0.2, 0.25) is 11.8 Å². The average Bonchev–Trinajstić information content (AvgIpc) is 3.15. The lowest BCUT2D eigenvalue weighted by Gasteiger charge is -2.40. The Bertz CT molecular complexity index is 852. The van der Waals surface area contributed by atoms with E-state index in [1.54, 1.807) is 4.90 Å². The zero-order valence-corrected chi connectivity index (χ0v) is 19.9. The van der Waals surface area contributed by atoms with Crippen LogP contribution in [0.1, 0.15) is 52.9 Å². The van der Waals surface area contributed by atoms with Gasteiger partial charge in [-0.1, -0.05) is 51.5 Å². The van der Waals surface area contributed by atoms with Crippen molar-refractivity contribution in [2.24, 2.45) is 11.8 Å². The second-order valence-electron chi connectivity index (χ2n) is 9.51. The molecule has 8 heteroatoms. The molecule has 0 saturated carbocycles. The molecule has 2 saturated heterocycles. The highest BCUT2D eigenvalue weighted by molar-refractivity contribution is 5.99. The number of rotatable bonds is 7. The molecule has 0 aromatic rings. The smallest absolute Gasteiger partial charge is 0.313 e. The van der Waals surface area contributed by atoms with E-state index < -0.39 is 41.1 Å². The summed E-state index contributed by atoms with van der Waals surface area (Å²) in [7, 11) is 0. The van der Waals surface area contributed by atoms with E-state index in [-0.39, 0.29) is 25.0 Å². The molecule has 4 aliphatic heterocycles. The van der Waals surface area contributed by atoms with Crippen molar-refractivity contribution in [3.63, 3.8) is 0 Å². The zero-order chi connectivity index (χ0) is 23.8. The number of ether oxygens (including phenoxy) is 2. The molecule has 0 aromatic heterocycles. The summed E-state index contributed by atoms with van der Waals surface area (Å²) < 4.78 is 12.3. The van der Waals surface area contributed by atoms with Gasteiger partial charge in [0, 0.05) is 13.1 Å². The monoisotopic (exact) mass is 460 g/mol. The maximum absolute atomic E-state index is 14.0. The number of likely N-dealkylation sites (tertiary alicyclic amines) is 1. The maximum Gasteiger partial charge on any atom is 0.313 e. The number of hydrogen-bond donors (Lipinski definition) is 1. The summed E-state index contributed by atoms with van der Waals surface area (Å²) in [6, 6.07) is -1.46. The third-order valence-electron chi connectivity index (χ3n) is 7.78. The van der Waals surface area contributed by atoms with Crippen LogP contribution in [0.5, 0.6) is 0 Å². The van der Waals surface area contributed by atoms with Gasteiger partial charge in [-0.3, -0.25) is 14.4 Å². The van der Waals surface area contributed by atoms with Crippen molar-refractivity contribution in [1.82, 2.24) is 9.80 Å². The summed E-state index contributed by atoms with van der Waals surface area (Å²) in [5, 5.41) is 10.1. The molecule has 33 heavy (non-hydrogen) atoms. The van der Waals surface area contributed by atoms with E-state index in [2.05, 4.69) is 6.92 Å². The summed E-state index contributed by atoms with van der Waals surface area (Å²) in [4.78, 5) is 44.6. The Morgan fingerprint density at radius 2 is 1.91 bits per heavy atom. The van der Waals surface area contributed by atoms with Gasteiger partial charge in [0.05, 0.1) is 25.2 Å². The minimum Gasteiger partial charge on any atom is -0.465 e. The molecule has 8 nitrogen and oxygen atoms in total. The number of carbonyl (C=O) groups excluding carboxylic acids is 3. The van der Waals surface area contributed by atoms with E-state index in [0.29, 0.717) is 32.4 Å². The Hall–Kier alpha value is -2.19. The number of aliphatic hydroxyl groups excluding tert-OH is 1. The Kier molecular flexibility index (Phi) is 6.69. The van der Waals surface area contributed by atoms with Gasteiger partial charge in [-0.15, -0.1) is 0 Å². The average molecular weight is 461 g/mol. The third kappa shape index (κ3) is 3.53. The van der Waals surface area contributed by atoms with Gasteiger partial charge in [0.25, 0.3) is 0 Å². The topological polar surface area (TPSA) is 96.4 Å². The Labute approximate surface area is 195 Å². The molecule has 4 rings (SSSR count). The second kappa shape index (κ2) is 9.22. The lowest BCUT2D eigenvalue weighted by Crippen LogP contribution is -2.59. The van der Waals surface area contributed by atoms with Crippen molar-refractivity contribution < 1.29 is 29.0 Å². The van der Waals surface area contributed by atoms with Crippen LogP contribution in [0.15, 0.2) is 24.3 Å². The van der Waals surface area contributed by atoms with Crippen LogP contribution in [-0.2, 0) is 23.9 Å². The summed E-state index contributed by atoms with van der Waals surface area (Å²) in [6.07, 6.45) is 10.9. The molecule has 4 aliphatic rings. The standard InChI is InChI=1S/C25H36N2O6/c1-4-7-13-26-14-10-12-25-18(21(29)27(17(5-2)16-28)20(25)22(26)30)19-23(31)32-15-9-8-11-24(19,6-3)33-25/h8,10-12,17-20,28H,4-7,9,13-16H2,1-3H3/t17-,18-,19-,20?,24+,25-/m0/s1. The van der Waals surface area contributed by atoms with E-state index in [0.717, 1.165) is 12.8 Å². The summed E-state index contributed by atoms with van der Waals surface area (Å²) in [5.41, 5.74) is -2.31. The van der Waals surface area contributed by atoms with Crippen LogP contribution in [0, 0.1) is 11.8 Å². The van der Waals surface area contributed by atoms with Crippen molar-refractivity contribution in [2.45, 2.75) is 76.2 Å². The zero-order valence-electron chi connectivity index (χ0n) is 19.9. The molecule has 2 fully saturated rings. The van der Waals surface area contributed by atoms with Crippen LogP contribution in [0.25, 0.3) is 0 Å². The van der Waals surface area contributed by atoms with Crippen molar-refractivity contribution in [2.75, 3.05) is 26.3 Å². The number of esters is 1. The van der Waals surface area contributed by atoms with E-state index in [1.165, 1.54) is 4.90 Å². The molecular formula is C25H36N2O6. The maximum atomic E-state index is 14.0. The molecule has 0 aliphatic carbocycles. The highest BCUT2D eigenvalue weighted by Crippen LogP contribution is 2.58. The van der Waals surface area contributed by atoms with E-state index in [4.69, 9.17) is 9.47 Å². The number of aliphatic hydroxyl groups is 1. The number of unbranched alkanes of at least 4 members (excludes halogenated alkanes) is 1. The second-order valence-corrected chi connectivity index (χ2v) is 9.51. The lowest BCUT2D eigenvalue weighted by atomic mass is 9.73. The van der Waals surface area contributed by atoms with Crippen molar-refractivity contribution in [3.05, 3.63) is 24.3 Å². The predicted molar refractivity (Wildman–Crippen MR) is 121 cm³/mol. The minimum atomic E-state index is -1.29. The van der Waals surface area contributed by atoms with Crippen LogP contribution >= 0.6 is 0 Å². The Morgan fingerprint density at radius 1 is 1.12 bits per heavy atom. The largest absolute Gasteiger partial charge is 0.465 e. The fraction of sp³-hybridized carbons (Fsp3) is 0.720. The molecule has 2 amide bonds. The molecule has 0 radical (unpaired) electrons. The first-order valence-electron chi connectivity index (χ1n) is 12.3. The fourth-order valence-corrected chi connectivity index (χ4v) is 6.07. The van der Waals surface area contributed by atoms with Gasteiger partial charge in [0.15, 0.2) is 0 Å². The molecule has 182 valence electrons. The van der Waals surface area contributed by atoms with Gasteiger partial charge in [-0.2, -0.15) is 0 Å². The number of cyclic esters (lactones) is 1. The van der Waals surface area contributed by atoms with Gasteiger partial charge in [0.1, 0.15) is 23.2 Å². The molecule has 4 heterocycles. The quantitative estimate of drug-likeness (QED) is 0.460. The molecule has 1 N–H and O–H groups in total. The molecule has 6 atom stereocenters. The van der Waals surface area contributed by atoms with Gasteiger partial charge >= 0.3 is 5.97 Å². The fourth-order valence-electron chi connectivity index (χ4n) is 6.07. The lowest BCUT2D eigenvalue weighted by molar-refractivity contribution is -0.163. The predicted octanol–water partition coefficient (Wildman–Crippen LogP) is 1.82. The molecule has 0 aromatic carbocycles. The number of amides is 2. The van der Waals surface area contributed by atoms with Crippen molar-refractivity contribution >= 4 is 17.8 Å². The molecule has 1 unspecified atom stereocenters. The third-order valence-corrected chi connectivity index (χ3v) is 7.78. The van der Waals surface area contributed by atoms with Crippen LogP contribution in [0.3, 0.4) is 0 Å². The highest BCUT2D eigenvalue weighted by atomic mass is 16.6. The first-order valence-corrected chi connectivity index (χ1v) is 12.3. The van der Waals surface area contributed by atoms with Crippen LogP contribution in [0.4, 0.5) is 0 Å². The van der Waals surface area contributed by atoms with Crippen molar-refractivity contribution in [3.8, 4) is 0 Å². The Balaban J connectivity index is 1.89. The van der Waals surface area contributed by atoms with Crippen molar-refractivity contribution in [1.29, 1.82) is 0 Å². The summed E-state index contributed by atoms with van der Waals surface area (Å²) in [6.45, 7) is 6.88. The summed E-state index contributed by atoms with van der Waals surface area (Å²) >= 11 is 0. The van der Waals surface area contributed by atoms with E-state index in [1.807, 2.05) is 38.2 Å². The molecular weight excluding hydrogens is 424 g/mol. The van der Waals surface area contributed by atoms with Crippen LogP contribution < -0.4 is 0 Å². The van der Waals surface area contributed by atoms with Gasteiger partial charge < -0.3 is 24.4 Å². The highest BCUT2D eigenvalue weighted by Gasteiger charge is 2.75. The number of hydrogen-bond acceptors (Lipinski definition) is 6. The number of carbonyl (C=O) groups is 3. The summed E-state index contributed by atoms with van der Waals surface area (Å²) in [5.74, 6) is -2.70. The van der Waals surface area contributed by atoms with E-state index in [9.17, 15) is 19.5 Å². The molecule has 0 bridgehead atoms. The Morgan fingerprint density at radius 3 is 2.58 bits per heavy atom. The van der Waals surface area contributed by atoms with Gasteiger partial charge in [-0.25, -0.2) is 0 Å². The molecule has 1 spiro atoms. The van der Waals surface area contributed by atoms with Crippen LogP contribution in [-0.4, -0.2) is 82.3 Å². The number of fused-ring (bicyclic) bond motifs is 2. The first kappa shape index (κ1) is 24.0. The van der Waals surface area contributed by atoms with Gasteiger partial charge in [-0.05, 0) is 25.7 Å². The minimum absolute atomic E-state index is 0.186. The normalized spacial score (nSPS) is 36.6. The number of nitrogens with zero attached hydrogens (tertiary/aromatic N) is 2. The SMILES string of the molecule is CCCCN1CC=C[C@]23O[C@]4(CC)C=CCCOC(=O)[C@@H]4[C@H]2C(=O)N([C@@H](CC)CO)C3C1=O. The van der Waals surface area contributed by atoms with E-state index >= 15 is 0 Å².